The molecule has 13 heavy (non-hydrogen) atoms. The Morgan fingerprint density at radius 2 is 2.31 bits per heavy atom. The maximum absolute atomic E-state index is 8.90. The molecule has 0 aromatic carbocycles. The molecule has 1 unspecified atom stereocenters. The van der Waals surface area contributed by atoms with Gasteiger partial charge in [0, 0.05) is 6.20 Å². The number of hydrogen-bond acceptors (Lipinski definition) is 4. The summed E-state index contributed by atoms with van der Waals surface area (Å²) in [5.41, 5.74) is 2.03. The van der Waals surface area contributed by atoms with E-state index < -0.39 is 5.92 Å². The fourth-order valence-corrected chi connectivity index (χ4v) is 1.07. The van der Waals surface area contributed by atoms with Crippen LogP contribution in [0.1, 0.15) is 23.0 Å². The number of aliphatic hydroxyl groups is 1. The minimum Gasteiger partial charge on any atom is -0.395 e. The molecular weight excluding hydrogens is 166 g/mol. The molecule has 0 spiro atoms. The van der Waals surface area contributed by atoms with Crippen molar-refractivity contribution in [3.05, 3.63) is 23.3 Å². The van der Waals surface area contributed by atoms with Crippen molar-refractivity contribution in [3.63, 3.8) is 0 Å². The van der Waals surface area contributed by atoms with E-state index in [-0.39, 0.29) is 6.61 Å². The van der Waals surface area contributed by atoms with Crippen LogP contribution in [0.15, 0.2) is 6.20 Å². The summed E-state index contributed by atoms with van der Waals surface area (Å²) in [4.78, 5) is 8.24. The Morgan fingerprint density at radius 1 is 1.62 bits per heavy atom. The van der Waals surface area contributed by atoms with Gasteiger partial charge in [-0.05, 0) is 13.8 Å². The predicted octanol–water partition coefficient (Wildman–Crippen LogP) is 0.693. The lowest BCUT2D eigenvalue weighted by Crippen LogP contribution is -2.08. The average Bonchev–Trinajstić information content (AvgIpc) is 2.13. The Hall–Kier alpha value is -1.47. The van der Waals surface area contributed by atoms with Crippen LogP contribution >= 0.6 is 0 Å². The number of aromatic nitrogens is 2. The Kier molecular flexibility index (Phi) is 2.93. The van der Waals surface area contributed by atoms with Crippen molar-refractivity contribution in [3.8, 4) is 6.07 Å². The van der Waals surface area contributed by atoms with Crippen LogP contribution in [0, 0.1) is 25.2 Å². The molecule has 0 fully saturated rings. The van der Waals surface area contributed by atoms with Gasteiger partial charge in [0.25, 0.3) is 0 Å². The van der Waals surface area contributed by atoms with Crippen molar-refractivity contribution >= 4 is 0 Å². The Labute approximate surface area is 76.9 Å². The third-order valence-corrected chi connectivity index (χ3v) is 1.78. The van der Waals surface area contributed by atoms with Crippen molar-refractivity contribution in [1.82, 2.24) is 9.97 Å². The summed E-state index contributed by atoms with van der Waals surface area (Å²) < 4.78 is 0. The number of hydrogen-bond donors (Lipinski definition) is 1. The van der Waals surface area contributed by atoms with Crippen LogP contribution in [0.4, 0.5) is 0 Å². The zero-order valence-electron chi connectivity index (χ0n) is 7.65. The first kappa shape index (κ1) is 9.62. The lowest BCUT2D eigenvalue weighted by molar-refractivity contribution is 0.283. The first-order valence-corrected chi connectivity index (χ1v) is 3.99. The molecule has 1 aromatic heterocycles. The molecule has 1 N–H and O–H groups in total. The van der Waals surface area contributed by atoms with Crippen LogP contribution in [0.2, 0.25) is 0 Å². The van der Waals surface area contributed by atoms with Crippen molar-refractivity contribution in [2.75, 3.05) is 6.61 Å². The van der Waals surface area contributed by atoms with Gasteiger partial charge in [0.15, 0.2) is 0 Å². The van der Waals surface area contributed by atoms with Gasteiger partial charge < -0.3 is 5.11 Å². The molecule has 1 aromatic rings. The smallest absolute Gasteiger partial charge is 0.113 e. The molecule has 0 aliphatic carbocycles. The van der Waals surface area contributed by atoms with Gasteiger partial charge in [0.2, 0.25) is 0 Å². The average molecular weight is 177 g/mol. The molecule has 0 amide bonds. The lowest BCUT2D eigenvalue weighted by Gasteiger charge is -2.07. The minimum atomic E-state index is -0.563. The number of rotatable bonds is 2. The quantitative estimate of drug-likeness (QED) is 0.721. The molecule has 1 heterocycles. The summed E-state index contributed by atoms with van der Waals surface area (Å²) in [5.74, 6) is -0.563. The molecule has 0 aliphatic rings. The molecule has 0 aliphatic heterocycles. The largest absolute Gasteiger partial charge is 0.395 e. The second-order valence-electron chi connectivity index (χ2n) is 2.85. The fourth-order valence-electron chi connectivity index (χ4n) is 1.07. The summed E-state index contributed by atoms with van der Waals surface area (Å²) in [5, 5.41) is 17.6. The van der Waals surface area contributed by atoms with Gasteiger partial charge in [0.1, 0.15) is 5.92 Å². The van der Waals surface area contributed by atoms with Gasteiger partial charge in [0.05, 0.1) is 29.8 Å². The number of nitrogens with zero attached hydrogens (tertiary/aromatic N) is 3. The molecule has 4 nitrogen and oxygen atoms in total. The van der Waals surface area contributed by atoms with E-state index in [4.69, 9.17) is 10.4 Å². The number of nitriles is 1. The van der Waals surface area contributed by atoms with Gasteiger partial charge in [-0.15, -0.1) is 0 Å². The molecule has 68 valence electrons. The van der Waals surface area contributed by atoms with Crippen LogP contribution in [-0.2, 0) is 0 Å². The van der Waals surface area contributed by atoms with Crippen LogP contribution in [-0.4, -0.2) is 21.7 Å². The van der Waals surface area contributed by atoms with E-state index in [1.165, 1.54) is 0 Å². The van der Waals surface area contributed by atoms with Crippen molar-refractivity contribution < 1.29 is 5.11 Å². The van der Waals surface area contributed by atoms with E-state index in [0.29, 0.717) is 11.4 Å². The molecule has 1 rings (SSSR count). The van der Waals surface area contributed by atoms with Crippen LogP contribution < -0.4 is 0 Å². The predicted molar refractivity (Wildman–Crippen MR) is 46.9 cm³/mol. The third-order valence-electron chi connectivity index (χ3n) is 1.78. The van der Waals surface area contributed by atoms with Gasteiger partial charge in [-0.1, -0.05) is 0 Å². The van der Waals surface area contributed by atoms with Gasteiger partial charge in [-0.3, -0.25) is 9.97 Å². The summed E-state index contributed by atoms with van der Waals surface area (Å²) in [6, 6.07) is 1.98. The maximum atomic E-state index is 8.90. The van der Waals surface area contributed by atoms with Gasteiger partial charge >= 0.3 is 0 Å². The first-order valence-electron chi connectivity index (χ1n) is 3.99. The van der Waals surface area contributed by atoms with E-state index in [9.17, 15) is 0 Å². The summed E-state index contributed by atoms with van der Waals surface area (Å²) in [6.45, 7) is 3.37. The standard InChI is InChI=1S/C9H11N3O/c1-6-4-11-7(2)9(12-6)8(3-10)5-13/h4,8,13H,5H2,1-2H3. The summed E-state index contributed by atoms with van der Waals surface area (Å²) >= 11 is 0. The van der Waals surface area contributed by atoms with E-state index in [1.54, 1.807) is 13.1 Å². The SMILES string of the molecule is Cc1cnc(C)c(C(C#N)CO)n1. The van der Waals surface area contributed by atoms with E-state index in [2.05, 4.69) is 9.97 Å². The first-order chi connectivity index (χ1) is 6.19. The van der Waals surface area contributed by atoms with Crippen molar-refractivity contribution in [2.45, 2.75) is 19.8 Å². The number of aryl methyl sites for hydroxylation is 2. The normalized spacial score (nSPS) is 12.2. The highest BCUT2D eigenvalue weighted by Gasteiger charge is 2.14. The summed E-state index contributed by atoms with van der Waals surface area (Å²) in [6.07, 6.45) is 1.64. The number of aliphatic hydroxyl groups excluding tert-OH is 1. The second-order valence-corrected chi connectivity index (χ2v) is 2.85. The Bertz CT molecular complexity index is 343. The highest BCUT2D eigenvalue weighted by Crippen LogP contribution is 2.14. The van der Waals surface area contributed by atoms with Crippen LogP contribution in [0.5, 0.6) is 0 Å². The van der Waals surface area contributed by atoms with Gasteiger partial charge in [-0.25, -0.2) is 0 Å². The van der Waals surface area contributed by atoms with E-state index in [1.807, 2.05) is 13.0 Å². The maximum Gasteiger partial charge on any atom is 0.113 e. The van der Waals surface area contributed by atoms with E-state index in [0.717, 1.165) is 5.69 Å². The molecular formula is C9H11N3O. The molecule has 4 heteroatoms. The lowest BCUT2D eigenvalue weighted by atomic mass is 10.1. The second kappa shape index (κ2) is 3.97. The van der Waals surface area contributed by atoms with Crippen LogP contribution in [0.25, 0.3) is 0 Å². The molecule has 0 saturated carbocycles. The zero-order valence-corrected chi connectivity index (χ0v) is 7.65. The van der Waals surface area contributed by atoms with E-state index >= 15 is 0 Å². The van der Waals surface area contributed by atoms with Crippen LogP contribution in [0.3, 0.4) is 0 Å². The van der Waals surface area contributed by atoms with Crippen molar-refractivity contribution in [2.24, 2.45) is 0 Å². The third kappa shape index (κ3) is 2.01. The summed E-state index contributed by atoms with van der Waals surface area (Å²) in [7, 11) is 0. The molecule has 0 saturated heterocycles. The van der Waals surface area contributed by atoms with Gasteiger partial charge in [-0.2, -0.15) is 5.26 Å². The fraction of sp³-hybridized carbons (Fsp3) is 0.444. The molecule has 0 radical (unpaired) electrons. The molecule has 0 bridgehead atoms. The highest BCUT2D eigenvalue weighted by molar-refractivity contribution is 5.22. The molecule has 1 atom stereocenters. The monoisotopic (exact) mass is 177 g/mol. The zero-order chi connectivity index (χ0) is 9.84. The minimum absolute atomic E-state index is 0.213. The topological polar surface area (TPSA) is 69.8 Å². The Balaban J connectivity index is 3.13. The highest BCUT2D eigenvalue weighted by atomic mass is 16.3. The van der Waals surface area contributed by atoms with Crippen molar-refractivity contribution in [1.29, 1.82) is 5.26 Å². The Morgan fingerprint density at radius 3 is 2.85 bits per heavy atom.